The molecule has 1 fully saturated rings. The lowest BCUT2D eigenvalue weighted by molar-refractivity contribution is 0.0613. The second kappa shape index (κ2) is 4.86. The molecule has 2 aromatic rings. The van der Waals surface area contributed by atoms with E-state index in [0.717, 1.165) is 43.6 Å². The first-order chi connectivity index (χ1) is 8.84. The van der Waals surface area contributed by atoms with Crippen LogP contribution < -0.4 is 5.56 Å². The summed E-state index contributed by atoms with van der Waals surface area (Å²) in [6, 6.07) is 3.36. The SMILES string of the molecule is O=c1ccc2cncnc2n1CC1CCOCC1. The lowest BCUT2D eigenvalue weighted by Crippen LogP contribution is -2.27. The Kier molecular flexibility index (Phi) is 3.06. The van der Waals surface area contributed by atoms with Crippen LogP contribution in [-0.2, 0) is 11.3 Å². The number of aromatic nitrogens is 3. The van der Waals surface area contributed by atoms with Gasteiger partial charge in [0.15, 0.2) is 0 Å². The highest BCUT2D eigenvalue weighted by Crippen LogP contribution is 2.17. The van der Waals surface area contributed by atoms with Gasteiger partial charge >= 0.3 is 0 Å². The summed E-state index contributed by atoms with van der Waals surface area (Å²) in [4.78, 5) is 20.2. The van der Waals surface area contributed by atoms with E-state index in [2.05, 4.69) is 9.97 Å². The number of nitrogens with zero attached hydrogens (tertiary/aromatic N) is 3. The Hall–Kier alpha value is -1.75. The summed E-state index contributed by atoms with van der Waals surface area (Å²) < 4.78 is 7.10. The first-order valence-electron chi connectivity index (χ1n) is 6.22. The van der Waals surface area contributed by atoms with E-state index in [4.69, 9.17) is 4.74 Å². The Bertz CT molecular complexity index is 602. The second-order valence-electron chi connectivity index (χ2n) is 4.64. The van der Waals surface area contributed by atoms with Crippen molar-refractivity contribution in [2.24, 2.45) is 5.92 Å². The van der Waals surface area contributed by atoms with Gasteiger partial charge in [-0.2, -0.15) is 0 Å². The molecule has 0 amide bonds. The Morgan fingerprint density at radius 3 is 3.00 bits per heavy atom. The van der Waals surface area contributed by atoms with Gasteiger partial charge < -0.3 is 4.74 Å². The normalized spacial score (nSPS) is 17.1. The van der Waals surface area contributed by atoms with Gasteiger partial charge in [-0.3, -0.25) is 9.36 Å². The Morgan fingerprint density at radius 2 is 2.17 bits per heavy atom. The molecule has 0 spiro atoms. The monoisotopic (exact) mass is 245 g/mol. The summed E-state index contributed by atoms with van der Waals surface area (Å²) in [5, 5.41) is 0.907. The van der Waals surface area contributed by atoms with Crippen LogP contribution in [0.2, 0.25) is 0 Å². The zero-order chi connectivity index (χ0) is 12.4. The average molecular weight is 245 g/mol. The van der Waals surface area contributed by atoms with Crippen LogP contribution in [0.25, 0.3) is 11.0 Å². The number of hydrogen-bond acceptors (Lipinski definition) is 4. The van der Waals surface area contributed by atoms with E-state index in [1.54, 1.807) is 22.9 Å². The smallest absolute Gasteiger partial charge is 0.252 e. The van der Waals surface area contributed by atoms with Gasteiger partial charge in [0.05, 0.1) is 0 Å². The molecule has 3 rings (SSSR count). The lowest BCUT2D eigenvalue weighted by atomic mass is 10.0. The van der Waals surface area contributed by atoms with Gasteiger partial charge in [0.25, 0.3) is 5.56 Å². The molecule has 0 radical (unpaired) electrons. The molecule has 0 saturated carbocycles. The number of hydrogen-bond donors (Lipinski definition) is 0. The minimum absolute atomic E-state index is 0.00712. The first kappa shape index (κ1) is 11.3. The third-order valence-electron chi connectivity index (χ3n) is 3.43. The molecule has 0 bridgehead atoms. The van der Waals surface area contributed by atoms with E-state index in [1.807, 2.05) is 0 Å². The summed E-state index contributed by atoms with van der Waals surface area (Å²) in [6.45, 7) is 2.30. The van der Waals surface area contributed by atoms with Crippen LogP contribution in [-0.4, -0.2) is 27.7 Å². The molecule has 1 aliphatic rings. The standard InChI is InChI=1S/C13H15N3O2/c17-12-2-1-11-7-14-9-15-13(11)16(12)8-10-3-5-18-6-4-10/h1-2,7,9-10H,3-6,8H2. The maximum atomic E-state index is 12.0. The maximum Gasteiger partial charge on any atom is 0.252 e. The summed E-state index contributed by atoms with van der Waals surface area (Å²) in [5.74, 6) is 0.497. The van der Waals surface area contributed by atoms with Crippen LogP contribution in [0, 0.1) is 5.92 Å². The van der Waals surface area contributed by atoms with Crippen molar-refractivity contribution in [2.75, 3.05) is 13.2 Å². The number of ether oxygens (including phenoxy) is 1. The van der Waals surface area contributed by atoms with E-state index >= 15 is 0 Å². The number of rotatable bonds is 2. The van der Waals surface area contributed by atoms with Crippen LogP contribution in [0.4, 0.5) is 0 Å². The zero-order valence-electron chi connectivity index (χ0n) is 10.1. The highest BCUT2D eigenvalue weighted by molar-refractivity contribution is 5.73. The Labute approximate surface area is 104 Å². The summed E-state index contributed by atoms with van der Waals surface area (Å²) >= 11 is 0. The molecule has 0 unspecified atom stereocenters. The van der Waals surface area contributed by atoms with E-state index < -0.39 is 0 Å². The van der Waals surface area contributed by atoms with Crippen molar-refractivity contribution in [1.29, 1.82) is 0 Å². The third-order valence-corrected chi connectivity index (χ3v) is 3.43. The molecule has 0 atom stereocenters. The molecule has 5 nitrogen and oxygen atoms in total. The molecule has 5 heteroatoms. The van der Waals surface area contributed by atoms with Crippen molar-refractivity contribution in [2.45, 2.75) is 19.4 Å². The van der Waals surface area contributed by atoms with Crippen LogP contribution in [0.15, 0.2) is 29.5 Å². The maximum absolute atomic E-state index is 12.0. The van der Waals surface area contributed by atoms with Gasteiger partial charge in [-0.05, 0) is 24.8 Å². The van der Waals surface area contributed by atoms with Gasteiger partial charge in [0, 0.05) is 37.4 Å². The van der Waals surface area contributed by atoms with Gasteiger partial charge in [0.2, 0.25) is 0 Å². The fourth-order valence-corrected chi connectivity index (χ4v) is 2.40. The Morgan fingerprint density at radius 1 is 1.33 bits per heavy atom. The molecule has 2 aromatic heterocycles. The molecule has 0 aromatic carbocycles. The summed E-state index contributed by atoms with van der Waals surface area (Å²) in [5.41, 5.74) is 0.733. The minimum atomic E-state index is 0.00712. The predicted molar refractivity (Wildman–Crippen MR) is 67.3 cm³/mol. The van der Waals surface area contributed by atoms with Gasteiger partial charge in [-0.1, -0.05) is 0 Å². The van der Waals surface area contributed by atoms with Crippen molar-refractivity contribution in [3.8, 4) is 0 Å². The van der Waals surface area contributed by atoms with Crippen LogP contribution in [0.3, 0.4) is 0 Å². The molecule has 94 valence electrons. The molecule has 3 heterocycles. The van der Waals surface area contributed by atoms with Crippen LogP contribution in [0.1, 0.15) is 12.8 Å². The highest BCUT2D eigenvalue weighted by Gasteiger charge is 2.16. The number of fused-ring (bicyclic) bond motifs is 1. The van der Waals surface area contributed by atoms with Crippen molar-refractivity contribution < 1.29 is 4.74 Å². The largest absolute Gasteiger partial charge is 0.381 e. The molecule has 1 saturated heterocycles. The van der Waals surface area contributed by atoms with Crippen molar-refractivity contribution in [3.63, 3.8) is 0 Å². The van der Waals surface area contributed by atoms with E-state index in [1.165, 1.54) is 6.33 Å². The second-order valence-corrected chi connectivity index (χ2v) is 4.64. The Balaban J connectivity index is 1.99. The van der Waals surface area contributed by atoms with Crippen molar-refractivity contribution in [1.82, 2.24) is 14.5 Å². The summed E-state index contributed by atoms with van der Waals surface area (Å²) in [6.07, 6.45) is 5.24. The molecule has 1 aliphatic heterocycles. The predicted octanol–water partition coefficient (Wildman–Crippen LogP) is 1.22. The number of pyridine rings is 1. The first-order valence-corrected chi connectivity index (χ1v) is 6.22. The van der Waals surface area contributed by atoms with Gasteiger partial charge in [-0.15, -0.1) is 0 Å². The molecule has 0 aliphatic carbocycles. The lowest BCUT2D eigenvalue weighted by Gasteiger charge is -2.23. The van der Waals surface area contributed by atoms with Crippen molar-refractivity contribution in [3.05, 3.63) is 35.0 Å². The highest BCUT2D eigenvalue weighted by atomic mass is 16.5. The van der Waals surface area contributed by atoms with Crippen LogP contribution >= 0.6 is 0 Å². The van der Waals surface area contributed by atoms with Crippen molar-refractivity contribution >= 4 is 11.0 Å². The molecule has 0 N–H and O–H groups in total. The van der Waals surface area contributed by atoms with Gasteiger partial charge in [-0.25, -0.2) is 9.97 Å². The van der Waals surface area contributed by atoms with E-state index in [9.17, 15) is 4.79 Å². The van der Waals surface area contributed by atoms with Gasteiger partial charge in [0.1, 0.15) is 12.0 Å². The third kappa shape index (κ3) is 2.13. The molecular formula is C13H15N3O2. The topological polar surface area (TPSA) is 57.0 Å². The minimum Gasteiger partial charge on any atom is -0.381 e. The fraction of sp³-hybridized carbons (Fsp3) is 0.462. The fourth-order valence-electron chi connectivity index (χ4n) is 2.40. The van der Waals surface area contributed by atoms with E-state index in [0.29, 0.717) is 5.92 Å². The van der Waals surface area contributed by atoms with E-state index in [-0.39, 0.29) is 5.56 Å². The average Bonchev–Trinajstić information content (AvgIpc) is 2.43. The quantitative estimate of drug-likeness (QED) is 0.798. The molecular weight excluding hydrogens is 230 g/mol. The molecule has 18 heavy (non-hydrogen) atoms. The summed E-state index contributed by atoms with van der Waals surface area (Å²) in [7, 11) is 0. The van der Waals surface area contributed by atoms with Crippen LogP contribution in [0.5, 0.6) is 0 Å². The zero-order valence-corrected chi connectivity index (χ0v) is 10.1.